The van der Waals surface area contributed by atoms with Gasteiger partial charge in [-0.3, -0.25) is 4.99 Å². The highest BCUT2D eigenvalue weighted by Gasteiger charge is 2.13. The molecule has 1 saturated heterocycles. The maximum Gasteiger partial charge on any atom is 0.129 e. The highest BCUT2D eigenvalue weighted by molar-refractivity contribution is 5.74. The van der Waals surface area contributed by atoms with E-state index in [9.17, 15) is 4.39 Å². The number of hydrogen-bond donors (Lipinski definition) is 2. The van der Waals surface area contributed by atoms with Crippen LogP contribution in [0.2, 0.25) is 0 Å². The average Bonchev–Trinajstić information content (AvgIpc) is 3.54. The highest BCUT2D eigenvalue weighted by Crippen LogP contribution is 2.24. The van der Waals surface area contributed by atoms with E-state index in [0.717, 1.165) is 48.7 Å². The normalized spacial score (nSPS) is 15.7. The van der Waals surface area contributed by atoms with Crippen molar-refractivity contribution in [1.29, 1.82) is 0 Å². The topological polar surface area (TPSA) is 86.7 Å². The second kappa shape index (κ2) is 20.3. The van der Waals surface area contributed by atoms with Crippen LogP contribution in [0.15, 0.2) is 83.6 Å². The zero-order valence-corrected chi connectivity index (χ0v) is 23.0. The van der Waals surface area contributed by atoms with Crippen LogP contribution in [-0.2, 0) is 9.47 Å². The Labute approximate surface area is 227 Å². The third-order valence-electron chi connectivity index (χ3n) is 4.90. The number of terminal acetylenes is 1. The molecule has 0 atom stereocenters. The Morgan fingerprint density at radius 1 is 1.45 bits per heavy atom. The first kappa shape index (κ1) is 32.2. The molecule has 0 unspecified atom stereocenters. The van der Waals surface area contributed by atoms with Crippen LogP contribution >= 0.6 is 0 Å². The molecule has 1 aromatic heterocycles. The van der Waals surface area contributed by atoms with E-state index in [1.807, 2.05) is 24.0 Å². The number of aryl methyl sites for hydroxylation is 1. The number of aromatic nitrogens is 2. The number of imidazole rings is 1. The first-order valence-corrected chi connectivity index (χ1v) is 12.8. The maximum atomic E-state index is 12.9. The minimum Gasteiger partial charge on any atom is -0.496 e. The van der Waals surface area contributed by atoms with Gasteiger partial charge >= 0.3 is 0 Å². The van der Waals surface area contributed by atoms with Crippen molar-refractivity contribution >= 4 is 11.9 Å². The molecule has 0 amide bonds. The number of hydrogen-bond acceptors (Lipinski definition) is 6. The lowest BCUT2D eigenvalue weighted by molar-refractivity contribution is 0.243. The first-order valence-electron chi connectivity index (χ1n) is 12.8. The fourth-order valence-electron chi connectivity index (χ4n) is 3.22. The largest absolute Gasteiger partial charge is 0.496 e. The molecule has 7 nitrogen and oxygen atoms in total. The Morgan fingerprint density at radius 3 is 2.87 bits per heavy atom. The summed E-state index contributed by atoms with van der Waals surface area (Å²) in [6, 6.07) is 0. The van der Waals surface area contributed by atoms with Gasteiger partial charge in [0.05, 0.1) is 37.1 Å². The number of nitrogens with one attached hydrogen (secondary N) is 1. The summed E-state index contributed by atoms with van der Waals surface area (Å²) < 4.78 is 25.8. The summed E-state index contributed by atoms with van der Waals surface area (Å²) in [5.74, 6) is 3.61. The lowest BCUT2D eigenvalue weighted by Gasteiger charge is -2.07. The van der Waals surface area contributed by atoms with Gasteiger partial charge in [0.15, 0.2) is 0 Å². The molecule has 8 heteroatoms. The van der Waals surface area contributed by atoms with E-state index in [0.29, 0.717) is 38.4 Å². The summed E-state index contributed by atoms with van der Waals surface area (Å²) in [7, 11) is 0. The van der Waals surface area contributed by atoms with Crippen molar-refractivity contribution in [3.05, 3.63) is 84.3 Å². The van der Waals surface area contributed by atoms with Crippen LogP contribution < -0.4 is 11.1 Å². The second-order valence-corrected chi connectivity index (χ2v) is 8.20. The molecule has 0 radical (unpaired) electrons. The van der Waals surface area contributed by atoms with Crippen molar-refractivity contribution in [2.24, 2.45) is 10.7 Å². The van der Waals surface area contributed by atoms with Crippen molar-refractivity contribution in [2.75, 3.05) is 32.8 Å². The van der Waals surface area contributed by atoms with Gasteiger partial charge in [0, 0.05) is 37.8 Å². The van der Waals surface area contributed by atoms with Gasteiger partial charge in [0.1, 0.15) is 24.0 Å². The fraction of sp³-hybridized carbons (Fsp3) is 0.400. The van der Waals surface area contributed by atoms with Crippen molar-refractivity contribution < 1.29 is 13.9 Å². The number of nitrogens with two attached hydrogens (primary N) is 1. The molecule has 1 fully saturated rings. The molecular formula is C30H42FN5O2. The smallest absolute Gasteiger partial charge is 0.129 e. The van der Waals surface area contributed by atoms with Crippen molar-refractivity contribution in [1.82, 2.24) is 14.9 Å². The molecule has 3 rings (SSSR count). The van der Waals surface area contributed by atoms with Crippen molar-refractivity contribution in [2.45, 2.75) is 46.5 Å². The van der Waals surface area contributed by atoms with Crippen molar-refractivity contribution in [3.63, 3.8) is 0 Å². The van der Waals surface area contributed by atoms with E-state index >= 15 is 0 Å². The SMILES string of the molecule is C#CC.C=C(C=NCCNC1=CC=C(F)C=CC1)OCCN.CC/C=C\C(=C1/CCCO1)n1cnc(C)c1. The molecule has 0 bridgehead atoms. The monoisotopic (exact) mass is 523 g/mol. The third-order valence-corrected chi connectivity index (χ3v) is 4.90. The van der Waals surface area contributed by atoms with Gasteiger partial charge in [0.25, 0.3) is 0 Å². The zero-order chi connectivity index (χ0) is 28.0. The molecule has 1 aromatic rings. The second-order valence-electron chi connectivity index (χ2n) is 8.20. The number of halogens is 1. The molecule has 0 saturated carbocycles. The van der Waals surface area contributed by atoms with Crippen LogP contribution in [0.5, 0.6) is 0 Å². The molecule has 1 aliphatic carbocycles. The fourth-order valence-corrected chi connectivity index (χ4v) is 3.22. The van der Waals surface area contributed by atoms with E-state index in [-0.39, 0.29) is 5.83 Å². The lowest BCUT2D eigenvalue weighted by atomic mass is 10.2. The Bertz CT molecular complexity index is 1060. The molecule has 0 spiro atoms. The van der Waals surface area contributed by atoms with Gasteiger partial charge in [-0.2, -0.15) is 0 Å². The summed E-state index contributed by atoms with van der Waals surface area (Å²) in [5, 5.41) is 3.19. The summed E-state index contributed by atoms with van der Waals surface area (Å²) in [6.45, 7) is 12.5. The van der Waals surface area contributed by atoms with E-state index in [4.69, 9.17) is 15.2 Å². The molecule has 1 aliphatic heterocycles. The van der Waals surface area contributed by atoms with Gasteiger partial charge in [-0.15, -0.1) is 12.3 Å². The van der Waals surface area contributed by atoms with Crippen LogP contribution in [0.1, 0.15) is 45.2 Å². The number of aliphatic imine (C=N–C) groups is 1. The van der Waals surface area contributed by atoms with E-state index in [1.54, 1.807) is 25.3 Å². The van der Waals surface area contributed by atoms with E-state index in [1.165, 1.54) is 12.2 Å². The van der Waals surface area contributed by atoms with Gasteiger partial charge in [-0.1, -0.05) is 25.7 Å². The van der Waals surface area contributed by atoms with E-state index in [2.05, 4.69) is 53.3 Å². The standard InChI is InChI=1S/C14H20FN3O.C13H18N2O.C3H4/c1-12(19-10-7-16)11-17-8-9-18-14-4-2-3-13(15)5-6-14;1-3-4-6-12(13-7-5-8-16-13)15-9-11(2)14-10-15;1-3-2/h2-3,5-6,11,18H,1,4,7-10,16H2;4,6,9-10H,3,5,7-8H2,1-2H3;1H,2H3/b;6-4-,13-12-;. The van der Waals surface area contributed by atoms with Crippen LogP contribution in [-0.4, -0.2) is 48.6 Å². The van der Waals surface area contributed by atoms with Crippen LogP contribution in [0.4, 0.5) is 4.39 Å². The zero-order valence-electron chi connectivity index (χ0n) is 23.0. The minimum absolute atomic E-state index is 0.233. The van der Waals surface area contributed by atoms with Gasteiger partial charge in [-0.05, 0) is 51.0 Å². The Kier molecular flexibility index (Phi) is 17.2. The van der Waals surface area contributed by atoms with Crippen LogP contribution in [0, 0.1) is 19.3 Å². The average molecular weight is 524 g/mol. The quantitative estimate of drug-likeness (QED) is 0.170. The molecule has 2 aliphatic rings. The Morgan fingerprint density at radius 2 is 2.24 bits per heavy atom. The molecule has 3 N–H and O–H groups in total. The predicted molar refractivity (Wildman–Crippen MR) is 156 cm³/mol. The Hall–Kier alpha value is -3.83. The summed E-state index contributed by atoms with van der Waals surface area (Å²) in [5.41, 5.74) is 8.42. The minimum atomic E-state index is -0.233. The molecule has 38 heavy (non-hydrogen) atoms. The molecule has 206 valence electrons. The first-order chi connectivity index (χ1) is 18.4. The number of nitrogens with zero attached hydrogens (tertiary/aromatic N) is 3. The van der Waals surface area contributed by atoms with E-state index < -0.39 is 0 Å². The summed E-state index contributed by atoms with van der Waals surface area (Å²) in [4.78, 5) is 8.42. The summed E-state index contributed by atoms with van der Waals surface area (Å²) >= 11 is 0. The van der Waals surface area contributed by atoms with Gasteiger partial charge < -0.3 is 25.1 Å². The predicted octanol–water partition coefficient (Wildman–Crippen LogP) is 5.61. The Balaban J connectivity index is 0.000000348. The molecule has 0 aromatic carbocycles. The third kappa shape index (κ3) is 14.0. The molecule has 2 heterocycles. The number of allylic oxidation sites excluding steroid dienone is 10. The lowest BCUT2D eigenvalue weighted by Crippen LogP contribution is -2.16. The maximum absolute atomic E-state index is 12.9. The number of rotatable bonds is 11. The van der Waals surface area contributed by atoms with Crippen LogP contribution in [0.25, 0.3) is 5.70 Å². The number of ether oxygens (including phenoxy) is 2. The van der Waals surface area contributed by atoms with Gasteiger partial charge in [0.2, 0.25) is 0 Å². The van der Waals surface area contributed by atoms with Crippen LogP contribution in [0.3, 0.4) is 0 Å². The van der Waals surface area contributed by atoms with Gasteiger partial charge in [-0.25, -0.2) is 9.37 Å². The highest BCUT2D eigenvalue weighted by atomic mass is 19.1. The van der Waals surface area contributed by atoms with Crippen molar-refractivity contribution in [3.8, 4) is 12.3 Å². The molecular weight excluding hydrogens is 481 g/mol. The summed E-state index contributed by atoms with van der Waals surface area (Å²) in [6.07, 6.45) is 24.6.